The maximum atomic E-state index is 12.8. The van der Waals surface area contributed by atoms with Crippen LogP contribution in [0.4, 0.5) is 10.6 Å². The molecule has 212 valence electrons. The zero-order chi connectivity index (χ0) is 27.1. The number of anilines is 1. The third-order valence-corrected chi connectivity index (χ3v) is 8.13. The van der Waals surface area contributed by atoms with Gasteiger partial charge in [-0.1, -0.05) is 12.1 Å². The lowest BCUT2D eigenvalue weighted by atomic mass is 10.1. The van der Waals surface area contributed by atoms with Crippen LogP contribution in [-0.4, -0.2) is 94.1 Å². The Bertz CT molecular complexity index is 1270. The molecule has 3 fully saturated rings. The van der Waals surface area contributed by atoms with Crippen LogP contribution in [0.1, 0.15) is 25.8 Å². The largest absolute Gasteiger partial charge is 0.354 e. The molecule has 5 rings (SSSR count). The van der Waals surface area contributed by atoms with Gasteiger partial charge in [0.2, 0.25) is 5.91 Å². The highest BCUT2D eigenvalue weighted by Crippen LogP contribution is 2.56. The third-order valence-electron chi connectivity index (χ3n) is 8.13. The van der Waals surface area contributed by atoms with Crippen LogP contribution in [0.25, 0.3) is 5.69 Å². The third kappa shape index (κ3) is 6.27. The van der Waals surface area contributed by atoms with E-state index in [1.807, 2.05) is 18.2 Å². The number of nitrogens with one attached hydrogen (secondary N) is 1. The Hall–Kier alpha value is -2.99. The summed E-state index contributed by atoms with van der Waals surface area (Å²) in [6, 6.07) is 9.18. The molecule has 39 heavy (non-hydrogen) atoms. The fourth-order valence-electron chi connectivity index (χ4n) is 5.72. The summed E-state index contributed by atoms with van der Waals surface area (Å²) in [5.74, 6) is 0.815. The zero-order valence-electron chi connectivity index (χ0n) is 22.6. The van der Waals surface area contributed by atoms with E-state index < -0.39 is 11.2 Å². The molecule has 2 saturated heterocycles. The Morgan fingerprint density at radius 1 is 1.15 bits per heavy atom. The quantitative estimate of drug-likeness (QED) is 0.458. The molecule has 2 unspecified atom stereocenters. The number of amides is 3. The van der Waals surface area contributed by atoms with E-state index in [0.717, 1.165) is 49.8 Å². The molecule has 12 heteroatoms. The molecule has 1 aromatic carbocycles. The number of halogens is 1. The number of hydrogen-bond donors (Lipinski definition) is 3. The van der Waals surface area contributed by atoms with Crippen molar-refractivity contribution in [3.05, 3.63) is 52.6 Å². The standard InChI is InChI=1S/C27H38N8O3.ClH/c1-26(2,29)23(36)33-10-12-34(13-11-33)24(37)30-22-7-9-35(25(38)31-22)21-5-3-4-19(14-21)6-8-32-16-20-15-27(20,17-28)18-32;/h3-5,7,9,14,20H,6,8,10-13,15-18,28-29H2,1-2H3,(H,30,31,37,38);1H. The van der Waals surface area contributed by atoms with E-state index in [9.17, 15) is 14.4 Å². The molecule has 3 amide bonds. The van der Waals surface area contributed by atoms with Gasteiger partial charge in [0.15, 0.2) is 0 Å². The molecule has 0 radical (unpaired) electrons. The summed E-state index contributed by atoms with van der Waals surface area (Å²) in [6.45, 7) is 8.89. The summed E-state index contributed by atoms with van der Waals surface area (Å²) in [7, 11) is 0. The van der Waals surface area contributed by atoms with E-state index in [-0.39, 0.29) is 30.2 Å². The van der Waals surface area contributed by atoms with E-state index in [4.69, 9.17) is 11.5 Å². The van der Waals surface area contributed by atoms with E-state index in [1.165, 1.54) is 11.0 Å². The first-order chi connectivity index (χ1) is 18.1. The Kier molecular flexibility index (Phi) is 8.36. The second kappa shape index (κ2) is 11.2. The highest BCUT2D eigenvalue weighted by atomic mass is 35.5. The Balaban J connectivity index is 0.00000353. The number of carbonyl (C=O) groups is 2. The minimum atomic E-state index is -0.945. The van der Waals surface area contributed by atoms with E-state index in [2.05, 4.69) is 21.3 Å². The summed E-state index contributed by atoms with van der Waals surface area (Å²) in [6.07, 6.45) is 3.80. The minimum absolute atomic E-state index is 0. The smallest absolute Gasteiger partial charge is 0.338 e. The number of fused-ring (bicyclic) bond motifs is 1. The molecule has 1 aliphatic carbocycles. The number of rotatable bonds is 7. The molecule has 3 aliphatic rings. The molecular weight excluding hydrogens is 520 g/mol. The number of nitrogens with two attached hydrogens (primary N) is 2. The van der Waals surface area contributed by atoms with Gasteiger partial charge < -0.3 is 26.2 Å². The number of hydrogen-bond acceptors (Lipinski definition) is 7. The van der Waals surface area contributed by atoms with Crippen LogP contribution >= 0.6 is 12.4 Å². The van der Waals surface area contributed by atoms with Gasteiger partial charge >= 0.3 is 11.7 Å². The first kappa shape index (κ1) is 29.0. The molecule has 0 bridgehead atoms. The number of likely N-dealkylation sites (tertiary alicyclic amines) is 1. The average molecular weight is 559 g/mol. The van der Waals surface area contributed by atoms with E-state index in [1.54, 1.807) is 35.9 Å². The second-order valence-corrected chi connectivity index (χ2v) is 11.5. The van der Waals surface area contributed by atoms with Gasteiger partial charge in [-0.25, -0.2) is 9.59 Å². The Morgan fingerprint density at radius 3 is 2.51 bits per heavy atom. The average Bonchev–Trinajstić information content (AvgIpc) is 3.46. The van der Waals surface area contributed by atoms with Gasteiger partial charge in [-0.3, -0.25) is 14.7 Å². The molecular formula is C27H39ClN8O3. The van der Waals surface area contributed by atoms with Gasteiger partial charge in [-0.05, 0) is 68.3 Å². The zero-order valence-corrected chi connectivity index (χ0v) is 23.5. The van der Waals surface area contributed by atoms with Crippen molar-refractivity contribution in [3.63, 3.8) is 0 Å². The van der Waals surface area contributed by atoms with Crippen molar-refractivity contribution >= 4 is 30.2 Å². The van der Waals surface area contributed by atoms with Gasteiger partial charge in [0.05, 0.1) is 11.2 Å². The molecule has 1 aromatic heterocycles. The number of piperazine rings is 1. The second-order valence-electron chi connectivity index (χ2n) is 11.5. The minimum Gasteiger partial charge on any atom is -0.338 e. The molecule has 0 spiro atoms. The number of nitrogens with zero attached hydrogens (tertiary/aromatic N) is 5. The first-order valence-electron chi connectivity index (χ1n) is 13.3. The van der Waals surface area contributed by atoms with Crippen LogP contribution in [0, 0.1) is 11.3 Å². The summed E-state index contributed by atoms with van der Waals surface area (Å²) in [5.41, 5.74) is 12.7. The van der Waals surface area contributed by atoms with Crippen molar-refractivity contribution in [2.24, 2.45) is 22.8 Å². The van der Waals surface area contributed by atoms with Crippen molar-refractivity contribution in [1.82, 2.24) is 24.3 Å². The van der Waals surface area contributed by atoms with Crippen LogP contribution in [0.3, 0.4) is 0 Å². The number of aromatic nitrogens is 2. The Labute approximate surface area is 234 Å². The molecule has 2 aromatic rings. The highest BCUT2D eigenvalue weighted by molar-refractivity contribution is 5.89. The van der Waals surface area contributed by atoms with Crippen LogP contribution < -0.4 is 22.5 Å². The molecule has 3 heterocycles. The van der Waals surface area contributed by atoms with Crippen LogP contribution in [-0.2, 0) is 11.2 Å². The van der Waals surface area contributed by atoms with Crippen molar-refractivity contribution in [2.75, 3.05) is 57.7 Å². The molecule has 11 nitrogen and oxygen atoms in total. The SMILES string of the molecule is CC(C)(N)C(=O)N1CCN(C(=O)Nc2ccn(-c3cccc(CCN4CC5CC5(CN)C4)c3)c(=O)n2)CC1.Cl. The van der Waals surface area contributed by atoms with Crippen LogP contribution in [0.5, 0.6) is 0 Å². The normalized spacial score (nSPS) is 22.7. The molecule has 1 saturated carbocycles. The maximum absolute atomic E-state index is 12.8. The molecule has 2 atom stereocenters. The topological polar surface area (TPSA) is 143 Å². The number of urea groups is 1. The number of benzene rings is 1. The predicted octanol–water partition coefficient (Wildman–Crippen LogP) is 0.891. The van der Waals surface area contributed by atoms with Crippen LogP contribution in [0.2, 0.25) is 0 Å². The lowest BCUT2D eigenvalue weighted by molar-refractivity contribution is -0.137. The van der Waals surface area contributed by atoms with Gasteiger partial charge in [0.1, 0.15) is 5.82 Å². The maximum Gasteiger partial charge on any atom is 0.354 e. The number of carbonyl (C=O) groups excluding carboxylic acids is 2. The van der Waals surface area contributed by atoms with E-state index >= 15 is 0 Å². The lowest BCUT2D eigenvalue weighted by Gasteiger charge is -2.37. The summed E-state index contributed by atoms with van der Waals surface area (Å²) < 4.78 is 1.48. The van der Waals surface area contributed by atoms with Gasteiger partial charge in [0, 0.05) is 52.0 Å². The summed E-state index contributed by atoms with van der Waals surface area (Å²) in [5, 5.41) is 2.70. The van der Waals surface area contributed by atoms with Crippen molar-refractivity contribution < 1.29 is 9.59 Å². The fourth-order valence-corrected chi connectivity index (χ4v) is 5.72. The van der Waals surface area contributed by atoms with Gasteiger partial charge in [-0.2, -0.15) is 4.98 Å². The molecule has 5 N–H and O–H groups in total. The fraction of sp³-hybridized carbons (Fsp3) is 0.556. The summed E-state index contributed by atoms with van der Waals surface area (Å²) >= 11 is 0. The lowest BCUT2D eigenvalue weighted by Crippen LogP contribution is -2.58. The van der Waals surface area contributed by atoms with Gasteiger partial charge in [-0.15, -0.1) is 12.4 Å². The molecule has 2 aliphatic heterocycles. The van der Waals surface area contributed by atoms with Crippen molar-refractivity contribution in [1.29, 1.82) is 0 Å². The monoisotopic (exact) mass is 558 g/mol. The predicted molar refractivity (Wildman–Crippen MR) is 152 cm³/mol. The van der Waals surface area contributed by atoms with Gasteiger partial charge in [0.25, 0.3) is 0 Å². The van der Waals surface area contributed by atoms with E-state index in [0.29, 0.717) is 31.6 Å². The number of piperidine rings is 1. The summed E-state index contributed by atoms with van der Waals surface area (Å²) in [4.78, 5) is 47.7. The van der Waals surface area contributed by atoms with Crippen molar-refractivity contribution in [3.8, 4) is 5.69 Å². The van der Waals surface area contributed by atoms with Crippen molar-refractivity contribution in [2.45, 2.75) is 32.2 Å². The van der Waals surface area contributed by atoms with Crippen LogP contribution in [0.15, 0.2) is 41.3 Å². The Morgan fingerprint density at radius 2 is 1.87 bits per heavy atom. The first-order valence-corrected chi connectivity index (χ1v) is 13.3. The highest BCUT2D eigenvalue weighted by Gasteiger charge is 2.58.